The van der Waals surface area contributed by atoms with Crippen LogP contribution in [0.15, 0.2) is 51.4 Å². The van der Waals surface area contributed by atoms with Crippen LogP contribution in [0.25, 0.3) is 22.1 Å². The third-order valence-corrected chi connectivity index (χ3v) is 5.85. The van der Waals surface area contributed by atoms with E-state index in [4.69, 9.17) is 13.9 Å². The van der Waals surface area contributed by atoms with Crippen LogP contribution in [-0.2, 0) is 12.8 Å². The third-order valence-electron chi connectivity index (χ3n) is 5.85. The highest BCUT2D eigenvalue weighted by Gasteiger charge is 2.39. The Labute approximate surface area is 186 Å². The van der Waals surface area contributed by atoms with Crippen LogP contribution in [0.1, 0.15) is 38.8 Å². The van der Waals surface area contributed by atoms with Crippen LogP contribution >= 0.6 is 0 Å². The summed E-state index contributed by atoms with van der Waals surface area (Å²) in [4.78, 5) is 13.7. The molecule has 168 valence electrons. The molecule has 4 rings (SSSR count). The highest BCUT2D eigenvalue weighted by molar-refractivity contribution is 5.93. The number of phenols is 1. The summed E-state index contributed by atoms with van der Waals surface area (Å²) < 4.78 is 18.0. The van der Waals surface area contributed by atoms with Crippen molar-refractivity contribution in [3.8, 4) is 28.4 Å². The summed E-state index contributed by atoms with van der Waals surface area (Å²) in [5, 5.41) is 20.5. The molecule has 0 aliphatic carbocycles. The maximum atomic E-state index is 13.7. The number of phenolic OH excluding ortho intramolecular Hbond substituents is 1. The lowest BCUT2D eigenvalue weighted by molar-refractivity contribution is -0.0232. The predicted molar refractivity (Wildman–Crippen MR) is 124 cm³/mol. The summed E-state index contributed by atoms with van der Waals surface area (Å²) in [5.74, 6) is 1.15. The largest absolute Gasteiger partial charge is 0.508 e. The molecular weight excluding hydrogens is 408 g/mol. The minimum absolute atomic E-state index is 0.119. The summed E-state index contributed by atoms with van der Waals surface area (Å²) >= 11 is 0. The van der Waals surface area contributed by atoms with Crippen LogP contribution < -0.4 is 14.9 Å². The van der Waals surface area contributed by atoms with E-state index in [-0.39, 0.29) is 11.2 Å². The van der Waals surface area contributed by atoms with Gasteiger partial charge in [0.2, 0.25) is 5.43 Å². The highest BCUT2D eigenvalue weighted by atomic mass is 16.5. The van der Waals surface area contributed by atoms with Gasteiger partial charge in [-0.25, -0.2) is 0 Å². The Morgan fingerprint density at radius 2 is 1.94 bits per heavy atom. The average Bonchev–Trinajstić information content (AvgIpc) is 3.19. The smallest absolute Gasteiger partial charge is 0.204 e. The monoisotopic (exact) mass is 436 g/mol. The molecule has 0 unspecified atom stereocenters. The van der Waals surface area contributed by atoms with Crippen LogP contribution in [0.4, 0.5) is 0 Å². The van der Waals surface area contributed by atoms with Crippen LogP contribution in [0.2, 0.25) is 0 Å². The first kappa shape index (κ1) is 22.0. The molecule has 6 heteroatoms. The molecule has 0 radical (unpaired) electrons. The number of allylic oxidation sites excluding steroid dienone is 2. The molecule has 0 saturated carbocycles. The van der Waals surface area contributed by atoms with E-state index < -0.39 is 11.7 Å². The van der Waals surface area contributed by atoms with Gasteiger partial charge in [0.1, 0.15) is 40.6 Å². The van der Waals surface area contributed by atoms with Crippen LogP contribution in [0, 0.1) is 0 Å². The van der Waals surface area contributed by atoms with Gasteiger partial charge in [0, 0.05) is 17.5 Å². The Balaban J connectivity index is 2.03. The van der Waals surface area contributed by atoms with E-state index in [0.717, 1.165) is 16.7 Å². The van der Waals surface area contributed by atoms with Crippen molar-refractivity contribution in [2.24, 2.45) is 0 Å². The number of benzene rings is 2. The SMILES string of the molecule is COc1c(CC=C(C)C)c2c(c3occ(-c4ccc(O)cc4)c(=O)c13)C[C@H](C(C)(C)O)O2. The van der Waals surface area contributed by atoms with Crippen LogP contribution in [0.5, 0.6) is 17.2 Å². The number of hydrogen-bond donors (Lipinski definition) is 2. The van der Waals surface area contributed by atoms with Gasteiger partial charge in [-0.2, -0.15) is 0 Å². The number of ether oxygens (including phenoxy) is 2. The van der Waals surface area contributed by atoms with Crippen molar-refractivity contribution in [3.05, 3.63) is 63.5 Å². The average molecular weight is 437 g/mol. The fourth-order valence-corrected chi connectivity index (χ4v) is 4.08. The number of aliphatic hydroxyl groups is 1. The molecule has 2 aromatic carbocycles. The first-order valence-electron chi connectivity index (χ1n) is 10.6. The first-order chi connectivity index (χ1) is 15.1. The van der Waals surface area contributed by atoms with Gasteiger partial charge < -0.3 is 24.1 Å². The highest BCUT2D eigenvalue weighted by Crippen LogP contribution is 2.46. The normalized spacial score (nSPS) is 15.4. The Bertz CT molecular complexity index is 1250. The molecule has 6 nitrogen and oxygen atoms in total. The van der Waals surface area contributed by atoms with Crippen molar-refractivity contribution in [1.82, 2.24) is 0 Å². The minimum Gasteiger partial charge on any atom is -0.508 e. The number of hydrogen-bond acceptors (Lipinski definition) is 6. The molecule has 1 aliphatic heterocycles. The lowest BCUT2D eigenvalue weighted by Crippen LogP contribution is -2.39. The van der Waals surface area contributed by atoms with Gasteiger partial charge in [0.15, 0.2) is 0 Å². The lowest BCUT2D eigenvalue weighted by atomic mass is 9.93. The minimum atomic E-state index is -1.07. The summed E-state index contributed by atoms with van der Waals surface area (Å²) in [6.45, 7) is 7.42. The van der Waals surface area contributed by atoms with E-state index in [0.29, 0.717) is 46.4 Å². The summed E-state index contributed by atoms with van der Waals surface area (Å²) in [5.41, 5.74) is 2.79. The Morgan fingerprint density at radius 3 is 2.53 bits per heavy atom. The molecule has 2 heterocycles. The van der Waals surface area contributed by atoms with Gasteiger partial charge in [0.25, 0.3) is 0 Å². The van der Waals surface area contributed by atoms with Gasteiger partial charge in [-0.1, -0.05) is 23.8 Å². The van der Waals surface area contributed by atoms with E-state index in [9.17, 15) is 15.0 Å². The zero-order chi connectivity index (χ0) is 23.2. The van der Waals surface area contributed by atoms with Crippen molar-refractivity contribution in [1.29, 1.82) is 0 Å². The standard InChI is InChI=1S/C26H28O6/c1-14(2)6-11-17-23-18(12-20(32-23)26(3,4)29)25-21(24(17)30-5)22(28)19(13-31-25)15-7-9-16(27)10-8-15/h6-10,13,20,27,29H,11-12H2,1-5H3/t20-/m1/s1. The maximum absolute atomic E-state index is 13.7. The van der Waals surface area contributed by atoms with E-state index in [2.05, 4.69) is 6.08 Å². The quantitative estimate of drug-likeness (QED) is 0.561. The van der Waals surface area contributed by atoms with Crippen LogP contribution in [0.3, 0.4) is 0 Å². The first-order valence-corrected chi connectivity index (χ1v) is 10.6. The van der Waals surface area contributed by atoms with E-state index in [1.165, 1.54) is 25.5 Å². The van der Waals surface area contributed by atoms with Gasteiger partial charge in [0.05, 0.1) is 18.3 Å². The summed E-state index contributed by atoms with van der Waals surface area (Å²) in [6, 6.07) is 6.40. The van der Waals surface area contributed by atoms with Gasteiger partial charge in [-0.05, 0) is 51.8 Å². The van der Waals surface area contributed by atoms with Crippen molar-refractivity contribution in [3.63, 3.8) is 0 Å². The Hall–Kier alpha value is -3.25. The maximum Gasteiger partial charge on any atom is 0.204 e. The lowest BCUT2D eigenvalue weighted by Gasteiger charge is -2.25. The number of rotatable bonds is 5. The van der Waals surface area contributed by atoms with Crippen molar-refractivity contribution < 1.29 is 24.1 Å². The molecule has 1 aromatic heterocycles. The Morgan fingerprint density at radius 1 is 1.25 bits per heavy atom. The van der Waals surface area contributed by atoms with Crippen molar-refractivity contribution >= 4 is 11.0 Å². The second-order valence-electron chi connectivity index (χ2n) is 9.00. The zero-order valence-corrected chi connectivity index (χ0v) is 19.0. The second-order valence-corrected chi connectivity index (χ2v) is 9.00. The molecule has 0 spiro atoms. The van der Waals surface area contributed by atoms with E-state index in [1.54, 1.807) is 26.0 Å². The molecule has 0 saturated heterocycles. The van der Waals surface area contributed by atoms with Crippen molar-refractivity contribution in [2.45, 2.75) is 52.2 Å². The third kappa shape index (κ3) is 3.75. The Kier molecular flexibility index (Phi) is 5.51. The summed E-state index contributed by atoms with van der Waals surface area (Å²) in [6.07, 6.45) is 3.95. The molecule has 0 fully saturated rings. The van der Waals surface area contributed by atoms with Gasteiger partial charge in [-0.3, -0.25) is 4.79 Å². The molecule has 1 atom stereocenters. The molecule has 0 amide bonds. The van der Waals surface area contributed by atoms with E-state index in [1.807, 2.05) is 13.8 Å². The molecule has 1 aliphatic rings. The molecule has 32 heavy (non-hydrogen) atoms. The zero-order valence-electron chi connectivity index (χ0n) is 19.0. The number of aromatic hydroxyl groups is 1. The molecule has 2 N–H and O–H groups in total. The van der Waals surface area contributed by atoms with E-state index >= 15 is 0 Å². The van der Waals surface area contributed by atoms with Crippen molar-refractivity contribution in [2.75, 3.05) is 7.11 Å². The van der Waals surface area contributed by atoms with Crippen LogP contribution in [-0.4, -0.2) is 29.0 Å². The fraction of sp³-hybridized carbons (Fsp3) is 0.346. The second kappa shape index (κ2) is 8.02. The fourth-order valence-electron chi connectivity index (χ4n) is 4.08. The number of fused-ring (bicyclic) bond motifs is 3. The number of methoxy groups -OCH3 is 1. The molecule has 0 bridgehead atoms. The summed E-state index contributed by atoms with van der Waals surface area (Å²) in [7, 11) is 1.53. The molecular formula is C26H28O6. The topological polar surface area (TPSA) is 89.1 Å². The van der Waals surface area contributed by atoms with Gasteiger partial charge >= 0.3 is 0 Å². The predicted octanol–water partition coefficient (Wildman–Crippen LogP) is 4.76. The van der Waals surface area contributed by atoms with Gasteiger partial charge in [-0.15, -0.1) is 0 Å². The molecule has 3 aromatic rings.